The molecule has 120 valence electrons. The fraction of sp³-hybridized carbons (Fsp3) is 0.222. The standard InChI is InChI=1S/C18H15ClN4O/c1-10-20-9-13(16(21-10)12-5-6-12)18(24)23-15-8-7-11-3-2-4-14(19)17(11)22-15/h2-4,7-9,12H,5-6H2,1H3,(H,22,23,24). The van der Waals surface area contributed by atoms with Crippen LogP contribution in [-0.4, -0.2) is 20.9 Å². The van der Waals surface area contributed by atoms with E-state index >= 15 is 0 Å². The van der Waals surface area contributed by atoms with Gasteiger partial charge < -0.3 is 5.32 Å². The van der Waals surface area contributed by atoms with Crippen molar-refractivity contribution in [2.75, 3.05) is 5.32 Å². The van der Waals surface area contributed by atoms with Crippen molar-refractivity contribution in [3.05, 3.63) is 58.6 Å². The van der Waals surface area contributed by atoms with E-state index in [4.69, 9.17) is 11.6 Å². The van der Waals surface area contributed by atoms with E-state index in [0.29, 0.717) is 33.7 Å². The minimum atomic E-state index is -0.240. The first-order valence-electron chi connectivity index (χ1n) is 7.82. The fourth-order valence-electron chi connectivity index (χ4n) is 2.69. The second-order valence-electron chi connectivity index (χ2n) is 5.95. The lowest BCUT2D eigenvalue weighted by Crippen LogP contribution is -2.17. The van der Waals surface area contributed by atoms with Gasteiger partial charge in [-0.25, -0.2) is 15.0 Å². The van der Waals surface area contributed by atoms with E-state index in [9.17, 15) is 4.79 Å². The molecule has 0 saturated heterocycles. The molecule has 4 rings (SSSR count). The Hall–Kier alpha value is -2.53. The molecule has 0 radical (unpaired) electrons. The van der Waals surface area contributed by atoms with E-state index in [1.54, 1.807) is 18.3 Å². The van der Waals surface area contributed by atoms with Crippen LogP contribution < -0.4 is 5.32 Å². The Morgan fingerprint density at radius 3 is 2.83 bits per heavy atom. The van der Waals surface area contributed by atoms with Gasteiger partial charge in [-0.3, -0.25) is 4.79 Å². The number of carbonyl (C=O) groups excluding carboxylic acids is 1. The molecule has 6 heteroatoms. The van der Waals surface area contributed by atoms with Crippen molar-refractivity contribution in [1.29, 1.82) is 0 Å². The van der Waals surface area contributed by atoms with Crippen LogP contribution in [0, 0.1) is 6.92 Å². The SMILES string of the molecule is Cc1ncc(C(=O)Nc2ccc3cccc(Cl)c3n2)c(C2CC2)n1. The number of halogens is 1. The summed E-state index contributed by atoms with van der Waals surface area (Å²) in [5.74, 6) is 1.27. The molecule has 0 bridgehead atoms. The van der Waals surface area contributed by atoms with Crippen molar-refractivity contribution >= 4 is 34.2 Å². The molecule has 1 aromatic carbocycles. The predicted molar refractivity (Wildman–Crippen MR) is 93.5 cm³/mol. The lowest BCUT2D eigenvalue weighted by molar-refractivity contribution is 0.102. The topological polar surface area (TPSA) is 67.8 Å². The van der Waals surface area contributed by atoms with Crippen LogP contribution >= 0.6 is 11.6 Å². The first-order valence-corrected chi connectivity index (χ1v) is 8.20. The van der Waals surface area contributed by atoms with Crippen LogP contribution in [0.2, 0.25) is 5.02 Å². The van der Waals surface area contributed by atoms with Gasteiger partial charge in [0.15, 0.2) is 0 Å². The summed E-state index contributed by atoms with van der Waals surface area (Å²) in [6, 6.07) is 9.23. The third-order valence-electron chi connectivity index (χ3n) is 4.06. The number of rotatable bonds is 3. The number of fused-ring (bicyclic) bond motifs is 1. The zero-order chi connectivity index (χ0) is 16.7. The fourth-order valence-corrected chi connectivity index (χ4v) is 2.92. The Bertz CT molecular complexity index is 953. The Morgan fingerprint density at radius 2 is 2.04 bits per heavy atom. The summed E-state index contributed by atoms with van der Waals surface area (Å²) < 4.78 is 0. The lowest BCUT2D eigenvalue weighted by Gasteiger charge is -2.09. The van der Waals surface area contributed by atoms with E-state index in [1.807, 2.05) is 25.1 Å². The van der Waals surface area contributed by atoms with Crippen molar-refractivity contribution < 1.29 is 4.79 Å². The monoisotopic (exact) mass is 338 g/mol. The molecule has 5 nitrogen and oxygen atoms in total. The smallest absolute Gasteiger partial charge is 0.260 e. The summed E-state index contributed by atoms with van der Waals surface area (Å²) in [7, 11) is 0. The van der Waals surface area contributed by atoms with Gasteiger partial charge in [-0.2, -0.15) is 0 Å². The van der Waals surface area contributed by atoms with Gasteiger partial charge in [0, 0.05) is 17.5 Å². The third kappa shape index (κ3) is 2.83. The number of benzene rings is 1. The first kappa shape index (κ1) is 15.0. The number of nitrogens with one attached hydrogen (secondary N) is 1. The molecule has 2 heterocycles. The molecule has 1 amide bonds. The van der Waals surface area contributed by atoms with Crippen LogP contribution in [0.5, 0.6) is 0 Å². The van der Waals surface area contributed by atoms with Gasteiger partial charge in [-0.05, 0) is 38.0 Å². The molecule has 24 heavy (non-hydrogen) atoms. The number of pyridine rings is 1. The number of nitrogens with zero attached hydrogens (tertiary/aromatic N) is 3. The van der Waals surface area contributed by atoms with Crippen molar-refractivity contribution in [1.82, 2.24) is 15.0 Å². The average Bonchev–Trinajstić information content (AvgIpc) is 3.40. The zero-order valence-electron chi connectivity index (χ0n) is 13.1. The Labute approximate surface area is 144 Å². The summed E-state index contributed by atoms with van der Waals surface area (Å²) >= 11 is 6.18. The lowest BCUT2D eigenvalue weighted by atomic mass is 10.1. The van der Waals surface area contributed by atoms with E-state index in [1.165, 1.54) is 0 Å². The van der Waals surface area contributed by atoms with Crippen molar-refractivity contribution in [2.24, 2.45) is 0 Å². The van der Waals surface area contributed by atoms with E-state index < -0.39 is 0 Å². The first-order chi connectivity index (χ1) is 11.6. The van der Waals surface area contributed by atoms with E-state index in [-0.39, 0.29) is 5.91 Å². The molecular formula is C18H15ClN4O. The summed E-state index contributed by atoms with van der Waals surface area (Å²) in [5, 5.41) is 4.32. The van der Waals surface area contributed by atoms with Crippen molar-refractivity contribution in [3.8, 4) is 0 Å². The maximum absolute atomic E-state index is 12.6. The molecule has 1 aliphatic carbocycles. The molecule has 1 N–H and O–H groups in total. The van der Waals surface area contributed by atoms with Crippen LogP contribution in [0.15, 0.2) is 36.5 Å². The zero-order valence-corrected chi connectivity index (χ0v) is 13.8. The number of amides is 1. The molecule has 3 aromatic rings. The van der Waals surface area contributed by atoms with E-state index in [0.717, 1.165) is 23.9 Å². The number of hydrogen-bond acceptors (Lipinski definition) is 4. The molecule has 0 spiro atoms. The quantitative estimate of drug-likeness (QED) is 0.780. The predicted octanol–water partition coefficient (Wildman–Crippen LogP) is 4.12. The largest absolute Gasteiger partial charge is 0.306 e. The molecule has 0 unspecified atom stereocenters. The van der Waals surface area contributed by atoms with Gasteiger partial charge in [-0.15, -0.1) is 0 Å². The van der Waals surface area contributed by atoms with Gasteiger partial charge in [0.05, 0.1) is 21.8 Å². The molecule has 1 fully saturated rings. The van der Waals surface area contributed by atoms with Crippen molar-refractivity contribution in [3.63, 3.8) is 0 Å². The van der Waals surface area contributed by atoms with Gasteiger partial charge in [0.2, 0.25) is 0 Å². The van der Waals surface area contributed by atoms with Crippen LogP contribution in [0.3, 0.4) is 0 Å². The van der Waals surface area contributed by atoms with Crippen LogP contribution in [0.1, 0.15) is 40.6 Å². The maximum Gasteiger partial charge on any atom is 0.260 e. The number of aryl methyl sites for hydroxylation is 1. The molecular weight excluding hydrogens is 324 g/mol. The third-order valence-corrected chi connectivity index (χ3v) is 4.36. The number of carbonyl (C=O) groups is 1. The van der Waals surface area contributed by atoms with Crippen LogP contribution in [0.25, 0.3) is 10.9 Å². The Morgan fingerprint density at radius 1 is 1.21 bits per heavy atom. The van der Waals surface area contributed by atoms with Gasteiger partial charge >= 0.3 is 0 Å². The Kier molecular flexibility index (Phi) is 3.65. The highest BCUT2D eigenvalue weighted by Gasteiger charge is 2.30. The second kappa shape index (κ2) is 5.83. The average molecular weight is 339 g/mol. The molecule has 1 aliphatic rings. The van der Waals surface area contributed by atoms with Crippen molar-refractivity contribution in [2.45, 2.75) is 25.7 Å². The van der Waals surface area contributed by atoms with E-state index in [2.05, 4.69) is 20.3 Å². The molecule has 1 saturated carbocycles. The number of hydrogen-bond donors (Lipinski definition) is 1. The van der Waals surface area contributed by atoms with Crippen LogP contribution in [-0.2, 0) is 0 Å². The van der Waals surface area contributed by atoms with Gasteiger partial charge in [0.1, 0.15) is 11.6 Å². The highest BCUT2D eigenvalue weighted by Crippen LogP contribution is 2.40. The highest BCUT2D eigenvalue weighted by molar-refractivity contribution is 6.35. The number of para-hydroxylation sites is 1. The number of aromatic nitrogens is 3. The Balaban J connectivity index is 1.66. The molecule has 2 aromatic heterocycles. The minimum Gasteiger partial charge on any atom is -0.306 e. The molecule has 0 aliphatic heterocycles. The maximum atomic E-state index is 12.6. The normalized spacial score (nSPS) is 13.9. The van der Waals surface area contributed by atoms with Crippen LogP contribution in [0.4, 0.5) is 5.82 Å². The number of anilines is 1. The highest BCUT2D eigenvalue weighted by atomic mass is 35.5. The second-order valence-corrected chi connectivity index (χ2v) is 6.36. The summed E-state index contributed by atoms with van der Waals surface area (Å²) in [4.78, 5) is 25.7. The summed E-state index contributed by atoms with van der Waals surface area (Å²) in [5.41, 5.74) is 2.02. The molecule has 0 atom stereocenters. The minimum absolute atomic E-state index is 0.240. The van der Waals surface area contributed by atoms with Gasteiger partial charge in [-0.1, -0.05) is 23.7 Å². The summed E-state index contributed by atoms with van der Waals surface area (Å²) in [6.45, 7) is 1.83. The summed E-state index contributed by atoms with van der Waals surface area (Å²) in [6.07, 6.45) is 3.74. The van der Waals surface area contributed by atoms with Gasteiger partial charge in [0.25, 0.3) is 5.91 Å².